The molecule has 51 heavy (non-hydrogen) atoms. The van der Waals surface area contributed by atoms with Gasteiger partial charge in [0.1, 0.15) is 6.61 Å². The zero-order valence-corrected chi connectivity index (χ0v) is 33.5. The van der Waals surface area contributed by atoms with E-state index in [1.54, 1.807) is 12.3 Å². The summed E-state index contributed by atoms with van der Waals surface area (Å²) in [6.07, 6.45) is 39.5. The van der Waals surface area contributed by atoms with E-state index in [9.17, 15) is 19.0 Å². The summed E-state index contributed by atoms with van der Waals surface area (Å²) in [6.45, 7) is 4.01. The molecule has 0 rings (SSSR count). The minimum Gasteiger partial charge on any atom is -0.492 e. The molecule has 0 aromatic rings. The number of phosphoric acid groups is 1. The predicted molar refractivity (Wildman–Crippen MR) is 210 cm³/mol. The van der Waals surface area contributed by atoms with Crippen LogP contribution in [0.2, 0.25) is 0 Å². The SMILES string of the molecule is CCCCCCCCCCCCCCCC/C=C/O[C@H](COC(=O)CCCCCCC/C=C\C=C\C(=O)CCCCC)COP(=O)(O)OCCN. The van der Waals surface area contributed by atoms with Crippen molar-refractivity contribution < 1.29 is 37.6 Å². The molecule has 2 atom stereocenters. The van der Waals surface area contributed by atoms with Crippen molar-refractivity contribution in [2.24, 2.45) is 5.73 Å². The molecule has 3 N–H and O–H groups in total. The molecule has 0 saturated heterocycles. The Balaban J connectivity index is 4.17. The standard InChI is InChI=1S/C41H76NO8P/c1-3-5-7-8-9-10-11-12-13-14-15-16-20-23-26-30-35-47-40(38-50-51(45,46)49-36-34-42)37-48-41(44)33-29-25-22-19-17-18-21-24-28-32-39(43)31-27-6-4-2/h21,24,28,30,32,35,40H,3-20,22-23,25-27,29,31,33-34,36-38,42H2,1-2H3,(H,45,46)/b24-21-,32-28+,35-30+/t40-/m1/s1. The molecule has 0 radical (unpaired) electrons. The highest BCUT2D eigenvalue weighted by molar-refractivity contribution is 7.47. The molecule has 0 fully saturated rings. The molecule has 9 nitrogen and oxygen atoms in total. The number of allylic oxidation sites excluding steroid dienone is 5. The normalized spacial score (nSPS) is 13.7. The lowest BCUT2D eigenvalue weighted by molar-refractivity contribution is -0.147. The Bertz CT molecular complexity index is 939. The Morgan fingerprint density at radius 2 is 1.16 bits per heavy atom. The van der Waals surface area contributed by atoms with Crippen LogP contribution in [0.1, 0.15) is 181 Å². The van der Waals surface area contributed by atoms with Gasteiger partial charge >= 0.3 is 13.8 Å². The van der Waals surface area contributed by atoms with Gasteiger partial charge in [-0.3, -0.25) is 18.6 Å². The van der Waals surface area contributed by atoms with E-state index in [1.165, 1.54) is 83.5 Å². The van der Waals surface area contributed by atoms with Crippen LogP contribution in [0.4, 0.5) is 0 Å². The molecule has 0 aliphatic rings. The Morgan fingerprint density at radius 1 is 0.647 bits per heavy atom. The first kappa shape index (κ1) is 49.2. The van der Waals surface area contributed by atoms with Crippen LogP contribution in [0.5, 0.6) is 0 Å². The van der Waals surface area contributed by atoms with Crippen molar-refractivity contribution in [3.05, 3.63) is 36.6 Å². The fraction of sp³-hybridized carbons (Fsp3) is 0.805. The number of ketones is 1. The van der Waals surface area contributed by atoms with Crippen LogP contribution >= 0.6 is 7.82 Å². The maximum atomic E-state index is 12.4. The molecular weight excluding hydrogens is 665 g/mol. The van der Waals surface area contributed by atoms with Gasteiger partial charge in [-0.15, -0.1) is 0 Å². The van der Waals surface area contributed by atoms with E-state index in [2.05, 4.69) is 19.9 Å². The summed E-state index contributed by atoms with van der Waals surface area (Å²) in [6, 6.07) is 0. The molecule has 0 spiro atoms. The van der Waals surface area contributed by atoms with Gasteiger partial charge in [-0.2, -0.15) is 0 Å². The quantitative estimate of drug-likeness (QED) is 0.0158. The maximum absolute atomic E-state index is 12.4. The van der Waals surface area contributed by atoms with E-state index < -0.39 is 13.9 Å². The number of rotatable bonds is 39. The number of carbonyl (C=O) groups excluding carboxylic acids is 2. The first-order valence-electron chi connectivity index (χ1n) is 20.5. The van der Waals surface area contributed by atoms with Gasteiger partial charge in [0, 0.05) is 19.4 Å². The summed E-state index contributed by atoms with van der Waals surface area (Å²) in [5.41, 5.74) is 5.35. The first-order valence-corrected chi connectivity index (χ1v) is 22.0. The average Bonchev–Trinajstić information content (AvgIpc) is 3.11. The Labute approximate surface area is 312 Å². The van der Waals surface area contributed by atoms with Gasteiger partial charge in [0.15, 0.2) is 11.9 Å². The van der Waals surface area contributed by atoms with Crippen molar-refractivity contribution in [2.75, 3.05) is 26.4 Å². The van der Waals surface area contributed by atoms with Gasteiger partial charge in [-0.25, -0.2) is 4.57 Å². The maximum Gasteiger partial charge on any atom is 0.472 e. The Morgan fingerprint density at radius 3 is 1.75 bits per heavy atom. The lowest BCUT2D eigenvalue weighted by atomic mass is 10.0. The zero-order valence-electron chi connectivity index (χ0n) is 32.6. The highest BCUT2D eigenvalue weighted by Gasteiger charge is 2.24. The molecule has 10 heteroatoms. The number of nitrogens with two attached hydrogens (primary N) is 1. The average molecular weight is 742 g/mol. The van der Waals surface area contributed by atoms with E-state index in [-0.39, 0.29) is 38.1 Å². The molecule has 0 aliphatic heterocycles. The van der Waals surface area contributed by atoms with Gasteiger partial charge in [-0.1, -0.05) is 148 Å². The number of carbonyl (C=O) groups is 2. The lowest BCUT2D eigenvalue weighted by Crippen LogP contribution is -2.25. The first-order chi connectivity index (χ1) is 24.8. The summed E-state index contributed by atoms with van der Waals surface area (Å²) in [4.78, 5) is 33.9. The fourth-order valence-corrected chi connectivity index (χ4v) is 6.26. The van der Waals surface area contributed by atoms with Gasteiger partial charge in [0.2, 0.25) is 0 Å². The summed E-state index contributed by atoms with van der Waals surface area (Å²) in [5, 5.41) is 0. The van der Waals surface area contributed by atoms with Crippen LogP contribution in [0.25, 0.3) is 0 Å². The van der Waals surface area contributed by atoms with E-state index in [4.69, 9.17) is 24.3 Å². The van der Waals surface area contributed by atoms with Gasteiger partial charge in [-0.05, 0) is 50.7 Å². The largest absolute Gasteiger partial charge is 0.492 e. The van der Waals surface area contributed by atoms with E-state index in [0.29, 0.717) is 12.8 Å². The topological polar surface area (TPSA) is 134 Å². The number of unbranched alkanes of at least 4 members (excludes halogenated alkanes) is 21. The minimum atomic E-state index is -4.28. The molecular formula is C41H76NO8P. The third-order valence-corrected chi connectivity index (χ3v) is 9.61. The van der Waals surface area contributed by atoms with Gasteiger partial charge < -0.3 is 20.1 Å². The predicted octanol–water partition coefficient (Wildman–Crippen LogP) is 11.4. The fourth-order valence-electron chi connectivity index (χ4n) is 5.49. The van der Waals surface area contributed by atoms with Crippen LogP contribution in [-0.2, 0) is 32.7 Å². The lowest BCUT2D eigenvalue weighted by Gasteiger charge is -2.19. The number of hydrogen-bond acceptors (Lipinski definition) is 8. The van der Waals surface area contributed by atoms with Gasteiger partial charge in [0.25, 0.3) is 0 Å². The summed E-state index contributed by atoms with van der Waals surface area (Å²) >= 11 is 0. The van der Waals surface area contributed by atoms with Crippen molar-refractivity contribution >= 4 is 19.6 Å². The molecule has 0 aromatic heterocycles. The molecule has 0 bridgehead atoms. The van der Waals surface area contributed by atoms with E-state index in [1.807, 2.05) is 18.2 Å². The summed E-state index contributed by atoms with van der Waals surface area (Å²) in [7, 11) is -4.28. The molecule has 0 heterocycles. The highest BCUT2D eigenvalue weighted by atomic mass is 31.2. The van der Waals surface area contributed by atoms with Crippen molar-refractivity contribution in [2.45, 2.75) is 187 Å². The third-order valence-electron chi connectivity index (χ3n) is 8.63. The van der Waals surface area contributed by atoms with Crippen molar-refractivity contribution in [3.8, 4) is 0 Å². The number of hydrogen-bond donors (Lipinski definition) is 2. The zero-order chi connectivity index (χ0) is 37.5. The minimum absolute atomic E-state index is 0.0879. The third kappa shape index (κ3) is 37.8. The second-order valence-corrected chi connectivity index (χ2v) is 15.1. The molecule has 1 unspecified atom stereocenters. The Hall–Kier alpha value is -1.77. The molecule has 0 amide bonds. The van der Waals surface area contributed by atoms with Crippen molar-refractivity contribution in [3.63, 3.8) is 0 Å². The molecule has 0 aliphatic carbocycles. The number of ether oxygens (including phenoxy) is 2. The second-order valence-electron chi connectivity index (χ2n) is 13.6. The van der Waals surface area contributed by atoms with E-state index in [0.717, 1.165) is 70.6 Å². The smallest absolute Gasteiger partial charge is 0.472 e. The molecule has 0 aromatic carbocycles. The highest BCUT2D eigenvalue weighted by Crippen LogP contribution is 2.43. The van der Waals surface area contributed by atoms with Crippen LogP contribution in [0, 0.1) is 0 Å². The van der Waals surface area contributed by atoms with Crippen LogP contribution in [-0.4, -0.2) is 49.1 Å². The van der Waals surface area contributed by atoms with Crippen molar-refractivity contribution in [1.82, 2.24) is 0 Å². The Kier molecular flexibility index (Phi) is 36.7. The summed E-state index contributed by atoms with van der Waals surface area (Å²) < 4.78 is 33.1. The van der Waals surface area contributed by atoms with E-state index >= 15 is 0 Å². The second kappa shape index (κ2) is 38.0. The van der Waals surface area contributed by atoms with Crippen LogP contribution in [0.3, 0.4) is 0 Å². The number of esters is 1. The van der Waals surface area contributed by atoms with Gasteiger partial charge in [0.05, 0.1) is 19.5 Å². The summed E-state index contributed by atoms with van der Waals surface area (Å²) in [5.74, 6) is -0.144. The van der Waals surface area contributed by atoms with Crippen molar-refractivity contribution in [1.29, 1.82) is 0 Å². The molecule has 298 valence electrons. The van der Waals surface area contributed by atoms with Crippen LogP contribution < -0.4 is 5.73 Å². The van der Waals surface area contributed by atoms with Crippen LogP contribution in [0.15, 0.2) is 36.6 Å². The monoisotopic (exact) mass is 742 g/mol. The molecule has 0 saturated carbocycles. The number of phosphoric ester groups is 1.